The first-order chi connectivity index (χ1) is 9.51. The van der Waals surface area contributed by atoms with Gasteiger partial charge in [-0.3, -0.25) is 0 Å². The molecule has 0 aliphatic carbocycles. The average molecular weight is 279 g/mol. The summed E-state index contributed by atoms with van der Waals surface area (Å²) in [5, 5.41) is 3.65. The number of rotatable bonds is 8. The highest BCUT2D eigenvalue weighted by atomic mass is 16.5. The molecule has 1 N–H and O–H groups in total. The maximum atomic E-state index is 5.47. The van der Waals surface area contributed by atoms with E-state index in [-0.39, 0.29) is 6.04 Å². The van der Waals surface area contributed by atoms with Crippen molar-refractivity contribution in [3.05, 3.63) is 23.8 Å². The van der Waals surface area contributed by atoms with Crippen molar-refractivity contribution in [1.82, 2.24) is 5.32 Å². The van der Waals surface area contributed by atoms with E-state index in [0.29, 0.717) is 6.04 Å². The van der Waals surface area contributed by atoms with Gasteiger partial charge in [0.1, 0.15) is 11.5 Å². The van der Waals surface area contributed by atoms with Gasteiger partial charge in [-0.25, -0.2) is 0 Å². The lowest BCUT2D eigenvalue weighted by Gasteiger charge is -2.24. The molecule has 3 atom stereocenters. The Hall–Kier alpha value is -1.22. The molecule has 0 saturated carbocycles. The summed E-state index contributed by atoms with van der Waals surface area (Å²) in [6.07, 6.45) is 2.42. The van der Waals surface area contributed by atoms with E-state index in [4.69, 9.17) is 9.47 Å². The van der Waals surface area contributed by atoms with Crippen LogP contribution < -0.4 is 14.8 Å². The second-order valence-electron chi connectivity index (χ2n) is 5.65. The van der Waals surface area contributed by atoms with Crippen LogP contribution in [0.25, 0.3) is 0 Å². The molecule has 114 valence electrons. The van der Waals surface area contributed by atoms with Crippen molar-refractivity contribution >= 4 is 0 Å². The Morgan fingerprint density at radius 2 is 1.80 bits per heavy atom. The molecule has 0 radical (unpaired) electrons. The zero-order chi connectivity index (χ0) is 15.1. The third-order valence-electron chi connectivity index (χ3n) is 3.89. The van der Waals surface area contributed by atoms with Crippen LogP contribution in [0.2, 0.25) is 0 Å². The van der Waals surface area contributed by atoms with Crippen LogP contribution in [0.3, 0.4) is 0 Å². The number of hydrogen-bond donors (Lipinski definition) is 1. The summed E-state index contributed by atoms with van der Waals surface area (Å²) in [5.41, 5.74) is 1.17. The summed E-state index contributed by atoms with van der Waals surface area (Å²) in [5.74, 6) is 2.45. The Balaban J connectivity index is 2.73. The molecule has 0 aromatic heterocycles. The van der Waals surface area contributed by atoms with E-state index in [9.17, 15) is 0 Å². The van der Waals surface area contributed by atoms with Gasteiger partial charge in [0.25, 0.3) is 0 Å². The van der Waals surface area contributed by atoms with Crippen LogP contribution in [0.5, 0.6) is 11.5 Å². The minimum atomic E-state index is 0.259. The van der Waals surface area contributed by atoms with Gasteiger partial charge >= 0.3 is 0 Å². The number of ether oxygens (including phenoxy) is 2. The Bertz CT molecular complexity index is 406. The van der Waals surface area contributed by atoms with Crippen molar-refractivity contribution in [3.63, 3.8) is 0 Å². The standard InChI is InChI=1S/C17H29NO2/c1-7-12(2)10-13(3)18-14(4)16-9-8-15(19-5)11-17(16)20-6/h8-9,11-14,18H,7,10H2,1-6H3. The summed E-state index contributed by atoms with van der Waals surface area (Å²) >= 11 is 0. The monoisotopic (exact) mass is 279 g/mol. The highest BCUT2D eigenvalue weighted by Crippen LogP contribution is 2.29. The van der Waals surface area contributed by atoms with Gasteiger partial charge in [0.2, 0.25) is 0 Å². The molecule has 3 nitrogen and oxygen atoms in total. The smallest absolute Gasteiger partial charge is 0.127 e. The molecule has 1 rings (SSSR count). The molecule has 0 bridgehead atoms. The molecule has 1 aromatic carbocycles. The number of benzene rings is 1. The second-order valence-corrected chi connectivity index (χ2v) is 5.65. The van der Waals surface area contributed by atoms with Crippen molar-refractivity contribution in [1.29, 1.82) is 0 Å². The molecule has 0 aliphatic rings. The van der Waals surface area contributed by atoms with Gasteiger partial charge in [0, 0.05) is 23.7 Å². The van der Waals surface area contributed by atoms with E-state index < -0.39 is 0 Å². The fourth-order valence-electron chi connectivity index (χ4n) is 2.53. The highest BCUT2D eigenvalue weighted by Gasteiger charge is 2.15. The van der Waals surface area contributed by atoms with Crippen LogP contribution in [0.15, 0.2) is 18.2 Å². The van der Waals surface area contributed by atoms with Gasteiger partial charge in [-0.15, -0.1) is 0 Å². The third kappa shape index (κ3) is 4.71. The minimum absolute atomic E-state index is 0.259. The van der Waals surface area contributed by atoms with Crippen LogP contribution in [-0.2, 0) is 0 Å². The average Bonchev–Trinajstić information content (AvgIpc) is 2.45. The fourth-order valence-corrected chi connectivity index (χ4v) is 2.53. The zero-order valence-electron chi connectivity index (χ0n) is 13.7. The highest BCUT2D eigenvalue weighted by molar-refractivity contribution is 5.42. The zero-order valence-corrected chi connectivity index (χ0v) is 13.7. The first kappa shape index (κ1) is 16.8. The maximum absolute atomic E-state index is 5.47. The van der Waals surface area contributed by atoms with Crippen molar-refractivity contribution in [2.24, 2.45) is 5.92 Å². The summed E-state index contributed by atoms with van der Waals surface area (Å²) < 4.78 is 10.7. The molecular formula is C17H29NO2. The largest absolute Gasteiger partial charge is 0.497 e. The van der Waals surface area contributed by atoms with Crippen molar-refractivity contribution < 1.29 is 9.47 Å². The van der Waals surface area contributed by atoms with Crippen molar-refractivity contribution in [3.8, 4) is 11.5 Å². The Morgan fingerprint density at radius 1 is 1.10 bits per heavy atom. The molecule has 0 fully saturated rings. The maximum Gasteiger partial charge on any atom is 0.127 e. The minimum Gasteiger partial charge on any atom is -0.497 e. The van der Waals surface area contributed by atoms with Crippen LogP contribution in [0, 0.1) is 5.92 Å². The normalized spacial score (nSPS) is 15.5. The van der Waals surface area contributed by atoms with Crippen molar-refractivity contribution in [2.75, 3.05) is 14.2 Å². The Kier molecular flexibility index (Phi) is 6.86. The van der Waals surface area contributed by atoms with Crippen LogP contribution in [0.1, 0.15) is 52.1 Å². The molecule has 20 heavy (non-hydrogen) atoms. The van der Waals surface area contributed by atoms with Crippen molar-refractivity contribution in [2.45, 2.75) is 52.6 Å². The first-order valence-corrected chi connectivity index (χ1v) is 7.49. The Morgan fingerprint density at radius 3 is 2.35 bits per heavy atom. The second kappa shape index (κ2) is 8.15. The lowest BCUT2D eigenvalue weighted by molar-refractivity contribution is 0.365. The number of methoxy groups -OCH3 is 2. The molecule has 0 heterocycles. The van der Waals surface area contributed by atoms with Gasteiger partial charge < -0.3 is 14.8 Å². The Labute approximate surface area is 123 Å². The van der Waals surface area contributed by atoms with Crippen LogP contribution in [0.4, 0.5) is 0 Å². The number of nitrogens with one attached hydrogen (secondary N) is 1. The summed E-state index contributed by atoms with van der Waals surface area (Å²) in [7, 11) is 3.37. The van der Waals surface area contributed by atoms with Gasteiger partial charge in [-0.05, 0) is 32.3 Å². The molecule has 3 unspecified atom stereocenters. The molecule has 0 amide bonds. The van der Waals surface area contributed by atoms with E-state index in [2.05, 4.69) is 39.1 Å². The van der Waals surface area contributed by atoms with E-state index >= 15 is 0 Å². The molecular weight excluding hydrogens is 250 g/mol. The fraction of sp³-hybridized carbons (Fsp3) is 0.647. The predicted octanol–water partition coefficient (Wildman–Crippen LogP) is 4.18. The summed E-state index contributed by atoms with van der Waals surface area (Å²) in [6, 6.07) is 6.75. The molecule has 0 spiro atoms. The van der Waals surface area contributed by atoms with Gasteiger partial charge in [-0.1, -0.05) is 26.3 Å². The quantitative estimate of drug-likeness (QED) is 0.774. The molecule has 0 aliphatic heterocycles. The molecule has 3 heteroatoms. The van der Waals surface area contributed by atoms with E-state index in [1.807, 2.05) is 12.1 Å². The lowest BCUT2D eigenvalue weighted by Crippen LogP contribution is -2.30. The number of hydrogen-bond acceptors (Lipinski definition) is 3. The van der Waals surface area contributed by atoms with Gasteiger partial charge in [0.15, 0.2) is 0 Å². The van der Waals surface area contributed by atoms with E-state index in [1.54, 1.807) is 14.2 Å². The summed E-state index contributed by atoms with van der Waals surface area (Å²) in [4.78, 5) is 0. The molecule has 0 saturated heterocycles. The van der Waals surface area contributed by atoms with E-state index in [1.165, 1.54) is 18.4 Å². The summed E-state index contributed by atoms with van der Waals surface area (Å²) in [6.45, 7) is 8.97. The van der Waals surface area contributed by atoms with E-state index in [0.717, 1.165) is 17.4 Å². The van der Waals surface area contributed by atoms with Gasteiger partial charge in [0.05, 0.1) is 14.2 Å². The molecule has 1 aromatic rings. The first-order valence-electron chi connectivity index (χ1n) is 7.49. The SMILES string of the molecule is CCC(C)CC(C)NC(C)c1ccc(OC)cc1OC. The van der Waals surface area contributed by atoms with Crippen LogP contribution in [-0.4, -0.2) is 20.3 Å². The van der Waals surface area contributed by atoms with Crippen LogP contribution >= 0.6 is 0 Å². The predicted molar refractivity (Wildman–Crippen MR) is 84.6 cm³/mol. The lowest BCUT2D eigenvalue weighted by atomic mass is 9.98. The van der Waals surface area contributed by atoms with Gasteiger partial charge in [-0.2, -0.15) is 0 Å². The third-order valence-corrected chi connectivity index (χ3v) is 3.89. The topological polar surface area (TPSA) is 30.5 Å².